The number of rotatable bonds is 7. The number of hydrogen-bond donors (Lipinski definition) is 1. The van der Waals surface area contributed by atoms with Crippen LogP contribution < -0.4 is 9.47 Å². The molecule has 0 spiro atoms. The first kappa shape index (κ1) is 24.6. The van der Waals surface area contributed by atoms with E-state index in [2.05, 4.69) is 32.3 Å². The Kier molecular flexibility index (Phi) is 7.67. The number of alkyl halides is 3. The van der Waals surface area contributed by atoms with Gasteiger partial charge in [-0.05, 0) is 90.4 Å². The van der Waals surface area contributed by atoms with Crippen LogP contribution in [0.4, 0.5) is 18.0 Å². The lowest BCUT2D eigenvalue weighted by Crippen LogP contribution is -2.16. The number of aromatic nitrogens is 1. The summed E-state index contributed by atoms with van der Waals surface area (Å²) < 4.78 is 52.0. The van der Waals surface area contributed by atoms with Crippen LogP contribution in [0.3, 0.4) is 0 Å². The quantitative estimate of drug-likeness (QED) is 0.248. The van der Waals surface area contributed by atoms with Crippen molar-refractivity contribution < 1.29 is 37.3 Å². The third-order valence-corrected chi connectivity index (χ3v) is 6.09. The summed E-state index contributed by atoms with van der Waals surface area (Å²) in [6.07, 6.45) is -5.58. The minimum atomic E-state index is -4.75. The lowest BCUT2D eigenvalue weighted by Gasteiger charge is -2.16. The van der Waals surface area contributed by atoms with Gasteiger partial charge in [-0.15, -0.1) is 13.2 Å². The Hall–Kier alpha value is -3.02. The molecule has 3 aromatic rings. The maximum atomic E-state index is 12.3. The van der Waals surface area contributed by atoms with Gasteiger partial charge >= 0.3 is 12.5 Å². The van der Waals surface area contributed by atoms with Crippen LogP contribution in [-0.4, -0.2) is 22.6 Å². The molecule has 0 aliphatic carbocycles. The van der Waals surface area contributed by atoms with Crippen LogP contribution in [0.5, 0.6) is 17.2 Å². The molecule has 1 heterocycles. The molecular formula is C23H19F3INO5. The average molecular weight is 573 g/mol. The Balaban J connectivity index is 1.73. The van der Waals surface area contributed by atoms with E-state index in [0.717, 1.165) is 31.6 Å². The summed E-state index contributed by atoms with van der Waals surface area (Å²) >= 11 is 2.14. The zero-order chi connectivity index (χ0) is 24.2. The standard InChI is InChI=1S/C23H19F3INO5/c1-13-19(20(12-31-22(29)30)21(27)14(2)28-13)11-15-3-5-16(6-4-15)32-17-7-9-18(10-8-17)33-23(24,25)26/h3-10H,11-12H2,1-2H3,(H,29,30). The van der Waals surface area contributed by atoms with E-state index in [1.165, 1.54) is 24.3 Å². The van der Waals surface area contributed by atoms with Gasteiger partial charge in [0.25, 0.3) is 0 Å². The zero-order valence-corrected chi connectivity index (χ0v) is 19.7. The van der Waals surface area contributed by atoms with Crippen molar-refractivity contribution in [2.75, 3.05) is 0 Å². The van der Waals surface area contributed by atoms with E-state index in [4.69, 9.17) is 14.6 Å². The molecule has 10 heteroatoms. The number of hydrogen-bond acceptors (Lipinski definition) is 5. The van der Waals surface area contributed by atoms with Gasteiger partial charge in [-0.25, -0.2) is 4.79 Å². The van der Waals surface area contributed by atoms with Crippen molar-refractivity contribution in [3.05, 3.63) is 80.2 Å². The van der Waals surface area contributed by atoms with Gasteiger partial charge in [0.2, 0.25) is 0 Å². The molecule has 6 nitrogen and oxygen atoms in total. The molecule has 0 unspecified atom stereocenters. The number of carbonyl (C=O) groups is 1. The van der Waals surface area contributed by atoms with Crippen LogP contribution in [-0.2, 0) is 17.8 Å². The third-order valence-electron chi connectivity index (χ3n) is 4.66. The molecule has 0 saturated heterocycles. The summed E-state index contributed by atoms with van der Waals surface area (Å²) in [6, 6.07) is 12.3. The molecular weight excluding hydrogens is 554 g/mol. The van der Waals surface area contributed by atoms with E-state index < -0.39 is 12.5 Å². The molecule has 0 amide bonds. The first-order valence-electron chi connectivity index (χ1n) is 9.64. The fraction of sp³-hybridized carbons (Fsp3) is 0.217. The number of carboxylic acid groups (broad SMARTS) is 1. The molecule has 2 aromatic carbocycles. The number of benzene rings is 2. The predicted octanol–water partition coefficient (Wildman–Crippen LogP) is 6.78. The molecule has 0 saturated carbocycles. The van der Waals surface area contributed by atoms with Crippen molar-refractivity contribution in [1.29, 1.82) is 0 Å². The summed E-state index contributed by atoms with van der Waals surface area (Å²) in [5.41, 5.74) is 4.21. The lowest BCUT2D eigenvalue weighted by molar-refractivity contribution is -0.274. The normalized spacial score (nSPS) is 11.2. The molecule has 174 valence electrons. The van der Waals surface area contributed by atoms with Gasteiger partial charge < -0.3 is 19.3 Å². The molecule has 0 fully saturated rings. The number of halogens is 4. The number of ether oxygens (including phenoxy) is 3. The molecule has 3 rings (SSSR count). The number of pyridine rings is 1. The first-order valence-corrected chi connectivity index (χ1v) is 10.7. The van der Waals surface area contributed by atoms with Crippen molar-refractivity contribution in [3.63, 3.8) is 0 Å². The smallest absolute Gasteiger partial charge is 0.457 e. The number of nitrogens with zero attached hydrogens (tertiary/aromatic N) is 1. The lowest BCUT2D eigenvalue weighted by atomic mass is 9.98. The zero-order valence-electron chi connectivity index (χ0n) is 17.6. The average Bonchev–Trinajstić information content (AvgIpc) is 2.73. The van der Waals surface area contributed by atoms with Crippen LogP contribution in [0.1, 0.15) is 28.1 Å². The van der Waals surface area contributed by atoms with E-state index in [0.29, 0.717) is 17.9 Å². The van der Waals surface area contributed by atoms with Crippen molar-refractivity contribution in [2.45, 2.75) is 33.2 Å². The maximum Gasteiger partial charge on any atom is 0.573 e. The Morgan fingerprint density at radius 1 is 0.939 bits per heavy atom. The van der Waals surface area contributed by atoms with Gasteiger partial charge in [0.15, 0.2) is 0 Å². The molecule has 0 bridgehead atoms. The Bertz CT molecular complexity index is 1130. The fourth-order valence-corrected chi connectivity index (χ4v) is 3.78. The van der Waals surface area contributed by atoms with Gasteiger partial charge in [0.1, 0.15) is 23.9 Å². The van der Waals surface area contributed by atoms with Crippen LogP contribution in [0.25, 0.3) is 0 Å². The maximum absolute atomic E-state index is 12.3. The van der Waals surface area contributed by atoms with E-state index in [-0.39, 0.29) is 12.4 Å². The van der Waals surface area contributed by atoms with Gasteiger partial charge in [0.05, 0.1) is 5.69 Å². The molecule has 33 heavy (non-hydrogen) atoms. The minimum Gasteiger partial charge on any atom is -0.457 e. The fourth-order valence-electron chi connectivity index (χ4n) is 3.18. The van der Waals surface area contributed by atoms with Crippen LogP contribution in [0.15, 0.2) is 48.5 Å². The van der Waals surface area contributed by atoms with Crippen molar-refractivity contribution in [1.82, 2.24) is 4.98 Å². The second-order valence-electron chi connectivity index (χ2n) is 7.05. The highest BCUT2D eigenvalue weighted by molar-refractivity contribution is 14.1. The third kappa shape index (κ3) is 6.98. The van der Waals surface area contributed by atoms with E-state index in [9.17, 15) is 18.0 Å². The topological polar surface area (TPSA) is 77.9 Å². The molecule has 0 aliphatic rings. The molecule has 0 atom stereocenters. The van der Waals surface area contributed by atoms with Crippen LogP contribution in [0.2, 0.25) is 0 Å². The summed E-state index contributed by atoms with van der Waals surface area (Å²) in [5.74, 6) is 0.536. The Morgan fingerprint density at radius 2 is 1.48 bits per heavy atom. The summed E-state index contributed by atoms with van der Waals surface area (Å²) in [6.45, 7) is 3.66. The number of aryl methyl sites for hydroxylation is 2. The highest BCUT2D eigenvalue weighted by Crippen LogP contribution is 2.29. The highest BCUT2D eigenvalue weighted by atomic mass is 127. The largest absolute Gasteiger partial charge is 0.573 e. The Labute approximate surface area is 201 Å². The van der Waals surface area contributed by atoms with E-state index in [1.54, 1.807) is 12.1 Å². The van der Waals surface area contributed by atoms with Crippen molar-refractivity contribution in [3.8, 4) is 17.2 Å². The molecule has 1 aromatic heterocycles. The van der Waals surface area contributed by atoms with Gasteiger partial charge in [-0.3, -0.25) is 4.98 Å². The Morgan fingerprint density at radius 3 is 2.03 bits per heavy atom. The summed E-state index contributed by atoms with van der Waals surface area (Å²) in [4.78, 5) is 15.4. The molecule has 0 radical (unpaired) electrons. The first-order chi connectivity index (χ1) is 15.5. The van der Waals surface area contributed by atoms with E-state index >= 15 is 0 Å². The monoisotopic (exact) mass is 573 g/mol. The molecule has 0 aliphatic heterocycles. The van der Waals surface area contributed by atoms with Gasteiger partial charge in [-0.2, -0.15) is 0 Å². The highest BCUT2D eigenvalue weighted by Gasteiger charge is 2.31. The molecule has 1 N–H and O–H groups in total. The van der Waals surface area contributed by atoms with Gasteiger partial charge in [-0.1, -0.05) is 12.1 Å². The van der Waals surface area contributed by atoms with Crippen LogP contribution >= 0.6 is 22.6 Å². The predicted molar refractivity (Wildman–Crippen MR) is 122 cm³/mol. The summed E-state index contributed by atoms with van der Waals surface area (Å²) in [5, 5.41) is 8.89. The van der Waals surface area contributed by atoms with E-state index in [1.807, 2.05) is 26.0 Å². The van der Waals surface area contributed by atoms with Crippen molar-refractivity contribution >= 4 is 28.7 Å². The van der Waals surface area contributed by atoms with Gasteiger partial charge in [0, 0.05) is 14.8 Å². The minimum absolute atomic E-state index is 0.0671. The second kappa shape index (κ2) is 10.3. The second-order valence-corrected chi connectivity index (χ2v) is 8.13. The van der Waals surface area contributed by atoms with Crippen LogP contribution in [0, 0.1) is 17.4 Å². The SMILES string of the molecule is Cc1nc(C)c(Cc2ccc(Oc3ccc(OC(F)(F)F)cc3)cc2)c(COC(=O)O)c1I. The van der Waals surface area contributed by atoms with Crippen molar-refractivity contribution in [2.24, 2.45) is 0 Å². The summed E-state index contributed by atoms with van der Waals surface area (Å²) in [7, 11) is 0.